The molecule has 0 fully saturated rings. The summed E-state index contributed by atoms with van der Waals surface area (Å²) in [7, 11) is 1.65. The van der Waals surface area contributed by atoms with E-state index in [0.29, 0.717) is 18.1 Å². The largest absolute Gasteiger partial charge is 0.497 e. The van der Waals surface area contributed by atoms with Gasteiger partial charge in [-0.15, -0.1) is 0 Å². The normalized spacial score (nSPS) is 12.2. The van der Waals surface area contributed by atoms with Gasteiger partial charge in [-0.3, -0.25) is 0 Å². The third-order valence-electron chi connectivity index (χ3n) is 3.03. The highest BCUT2D eigenvalue weighted by Crippen LogP contribution is 2.17. The molecule has 0 saturated carbocycles. The maximum atomic E-state index is 10.1. The van der Waals surface area contributed by atoms with Gasteiger partial charge in [0.25, 0.3) is 0 Å². The zero-order valence-corrected chi connectivity index (χ0v) is 12.1. The maximum absolute atomic E-state index is 10.1. The molecule has 0 amide bonds. The molecule has 0 aliphatic rings. The van der Waals surface area contributed by atoms with Crippen molar-refractivity contribution in [1.29, 1.82) is 0 Å². The van der Waals surface area contributed by atoms with E-state index in [4.69, 9.17) is 16.3 Å². The molecule has 2 aromatic carbocycles. The summed E-state index contributed by atoms with van der Waals surface area (Å²) in [6, 6.07) is 15.1. The van der Waals surface area contributed by atoms with Crippen LogP contribution in [0.4, 0.5) is 0 Å². The van der Waals surface area contributed by atoms with E-state index >= 15 is 0 Å². The van der Waals surface area contributed by atoms with Crippen LogP contribution in [0.1, 0.15) is 17.2 Å². The number of methoxy groups -OCH3 is 1. The van der Waals surface area contributed by atoms with Gasteiger partial charge in [0, 0.05) is 18.1 Å². The van der Waals surface area contributed by atoms with E-state index in [0.717, 1.165) is 16.9 Å². The first kappa shape index (κ1) is 14.9. The number of halogens is 1. The van der Waals surface area contributed by atoms with Crippen LogP contribution in [-0.2, 0) is 6.54 Å². The molecule has 1 unspecified atom stereocenters. The summed E-state index contributed by atoms with van der Waals surface area (Å²) >= 11 is 5.91. The number of hydrogen-bond acceptors (Lipinski definition) is 3. The fourth-order valence-electron chi connectivity index (χ4n) is 1.97. The van der Waals surface area contributed by atoms with E-state index in [9.17, 15) is 5.11 Å². The molecule has 106 valence electrons. The van der Waals surface area contributed by atoms with Crippen molar-refractivity contribution in [3.05, 3.63) is 64.7 Å². The first-order valence-electron chi connectivity index (χ1n) is 6.46. The molecule has 4 heteroatoms. The number of benzene rings is 2. The van der Waals surface area contributed by atoms with Crippen molar-refractivity contribution in [3.63, 3.8) is 0 Å². The van der Waals surface area contributed by atoms with Gasteiger partial charge < -0.3 is 15.2 Å². The summed E-state index contributed by atoms with van der Waals surface area (Å²) in [4.78, 5) is 0. The third kappa shape index (κ3) is 4.23. The van der Waals surface area contributed by atoms with Crippen LogP contribution < -0.4 is 10.1 Å². The second-order valence-corrected chi connectivity index (χ2v) is 4.99. The SMILES string of the molecule is COc1cccc(CNCC(O)c2cccc(Cl)c2)c1. The quantitative estimate of drug-likeness (QED) is 0.859. The van der Waals surface area contributed by atoms with Gasteiger partial charge in [-0.05, 0) is 35.4 Å². The first-order valence-corrected chi connectivity index (χ1v) is 6.84. The van der Waals surface area contributed by atoms with Gasteiger partial charge >= 0.3 is 0 Å². The van der Waals surface area contributed by atoms with Crippen LogP contribution in [0.2, 0.25) is 5.02 Å². The van der Waals surface area contributed by atoms with Crippen molar-refractivity contribution in [1.82, 2.24) is 5.32 Å². The highest BCUT2D eigenvalue weighted by atomic mass is 35.5. The van der Waals surface area contributed by atoms with Crippen molar-refractivity contribution >= 4 is 11.6 Å². The van der Waals surface area contributed by atoms with Crippen molar-refractivity contribution < 1.29 is 9.84 Å². The summed E-state index contributed by atoms with van der Waals surface area (Å²) in [5, 5.41) is 13.9. The second kappa shape index (κ2) is 7.29. The van der Waals surface area contributed by atoms with Crippen LogP contribution in [0.3, 0.4) is 0 Å². The Kier molecular flexibility index (Phi) is 5.41. The van der Waals surface area contributed by atoms with E-state index in [1.807, 2.05) is 36.4 Å². The summed E-state index contributed by atoms with van der Waals surface area (Å²) in [6.45, 7) is 1.15. The average molecular weight is 292 g/mol. The highest BCUT2D eigenvalue weighted by Gasteiger charge is 2.07. The molecule has 2 aromatic rings. The lowest BCUT2D eigenvalue weighted by molar-refractivity contribution is 0.174. The van der Waals surface area contributed by atoms with Crippen molar-refractivity contribution in [2.45, 2.75) is 12.6 Å². The van der Waals surface area contributed by atoms with Crippen molar-refractivity contribution in [2.75, 3.05) is 13.7 Å². The van der Waals surface area contributed by atoms with E-state index in [1.54, 1.807) is 19.2 Å². The van der Waals surface area contributed by atoms with Gasteiger partial charge in [0.05, 0.1) is 13.2 Å². The molecule has 0 bridgehead atoms. The molecule has 0 aromatic heterocycles. The molecule has 0 saturated heterocycles. The minimum atomic E-state index is -0.570. The molecular weight excluding hydrogens is 274 g/mol. The van der Waals surface area contributed by atoms with Crippen LogP contribution in [0.15, 0.2) is 48.5 Å². The van der Waals surface area contributed by atoms with Gasteiger partial charge in [0.15, 0.2) is 0 Å². The standard InChI is InChI=1S/C16H18ClNO2/c1-20-15-7-2-4-12(8-15)10-18-11-16(19)13-5-3-6-14(17)9-13/h2-9,16,18-19H,10-11H2,1H3. The number of ether oxygens (including phenoxy) is 1. The molecule has 0 aliphatic heterocycles. The van der Waals surface area contributed by atoms with Crippen molar-refractivity contribution in [3.8, 4) is 5.75 Å². The Balaban J connectivity index is 1.86. The Morgan fingerprint density at radius 3 is 2.75 bits per heavy atom. The molecule has 2 rings (SSSR count). The highest BCUT2D eigenvalue weighted by molar-refractivity contribution is 6.30. The van der Waals surface area contributed by atoms with Gasteiger partial charge in [-0.25, -0.2) is 0 Å². The minimum absolute atomic E-state index is 0.470. The fraction of sp³-hybridized carbons (Fsp3) is 0.250. The topological polar surface area (TPSA) is 41.5 Å². The second-order valence-electron chi connectivity index (χ2n) is 4.55. The average Bonchev–Trinajstić information content (AvgIpc) is 2.47. The Labute approximate surface area is 124 Å². The van der Waals surface area contributed by atoms with E-state index in [2.05, 4.69) is 5.32 Å². The summed E-state index contributed by atoms with van der Waals surface area (Å²) in [5.41, 5.74) is 1.93. The van der Waals surface area contributed by atoms with Gasteiger partial charge in [-0.1, -0.05) is 35.9 Å². The lowest BCUT2D eigenvalue weighted by Crippen LogP contribution is -2.21. The van der Waals surface area contributed by atoms with Crippen LogP contribution in [0.5, 0.6) is 5.75 Å². The molecular formula is C16H18ClNO2. The smallest absolute Gasteiger partial charge is 0.119 e. The van der Waals surface area contributed by atoms with Gasteiger partial charge in [0.1, 0.15) is 5.75 Å². The lowest BCUT2D eigenvalue weighted by Gasteiger charge is -2.13. The monoisotopic (exact) mass is 291 g/mol. The molecule has 0 aliphatic carbocycles. The van der Waals surface area contributed by atoms with Crippen LogP contribution >= 0.6 is 11.6 Å². The zero-order valence-electron chi connectivity index (χ0n) is 11.3. The molecule has 0 heterocycles. The molecule has 3 nitrogen and oxygen atoms in total. The zero-order chi connectivity index (χ0) is 14.4. The molecule has 0 spiro atoms. The Morgan fingerprint density at radius 2 is 2.00 bits per heavy atom. The number of nitrogens with one attached hydrogen (secondary N) is 1. The number of aliphatic hydroxyl groups is 1. The maximum Gasteiger partial charge on any atom is 0.119 e. The molecule has 0 radical (unpaired) electrons. The predicted octanol–water partition coefficient (Wildman–Crippen LogP) is 3.17. The summed E-state index contributed by atoms with van der Waals surface area (Å²) in [6.07, 6.45) is -0.570. The van der Waals surface area contributed by atoms with Crippen LogP contribution in [-0.4, -0.2) is 18.8 Å². The van der Waals surface area contributed by atoms with E-state index < -0.39 is 6.10 Å². The Hall–Kier alpha value is -1.55. The van der Waals surface area contributed by atoms with E-state index in [1.165, 1.54) is 0 Å². The summed E-state index contributed by atoms with van der Waals surface area (Å²) in [5.74, 6) is 0.833. The van der Waals surface area contributed by atoms with Gasteiger partial charge in [0.2, 0.25) is 0 Å². The summed E-state index contributed by atoms with van der Waals surface area (Å²) < 4.78 is 5.17. The number of hydrogen-bond donors (Lipinski definition) is 2. The Morgan fingerprint density at radius 1 is 1.20 bits per heavy atom. The lowest BCUT2D eigenvalue weighted by atomic mass is 10.1. The van der Waals surface area contributed by atoms with E-state index in [-0.39, 0.29) is 0 Å². The van der Waals surface area contributed by atoms with Crippen LogP contribution in [0, 0.1) is 0 Å². The minimum Gasteiger partial charge on any atom is -0.497 e. The molecule has 20 heavy (non-hydrogen) atoms. The van der Waals surface area contributed by atoms with Crippen molar-refractivity contribution in [2.24, 2.45) is 0 Å². The molecule has 1 atom stereocenters. The van der Waals surface area contributed by atoms with Gasteiger partial charge in [-0.2, -0.15) is 0 Å². The predicted molar refractivity (Wildman–Crippen MR) is 81.1 cm³/mol. The Bertz CT molecular complexity index is 560. The number of rotatable bonds is 6. The number of aliphatic hydroxyl groups excluding tert-OH is 1. The first-order chi connectivity index (χ1) is 9.69. The fourth-order valence-corrected chi connectivity index (χ4v) is 2.17. The van der Waals surface area contributed by atoms with Crippen LogP contribution in [0.25, 0.3) is 0 Å². The molecule has 2 N–H and O–H groups in total. The third-order valence-corrected chi connectivity index (χ3v) is 3.27.